The molecule has 1 aliphatic carbocycles. The Morgan fingerprint density at radius 3 is 2.25 bits per heavy atom. The van der Waals surface area contributed by atoms with E-state index in [4.69, 9.17) is 0 Å². The highest BCUT2D eigenvalue weighted by molar-refractivity contribution is 7.90. The molecule has 0 aromatic heterocycles. The zero-order valence-corrected chi connectivity index (χ0v) is 12.1. The zero-order valence-electron chi connectivity index (χ0n) is 11.2. The van der Waals surface area contributed by atoms with Gasteiger partial charge in [0.05, 0.1) is 5.25 Å². The number of hydrogen-bond acceptors (Lipinski definition) is 4. The first kappa shape index (κ1) is 13.8. The van der Waals surface area contributed by atoms with Gasteiger partial charge in [0.25, 0.3) is 0 Å². The van der Waals surface area contributed by atoms with Gasteiger partial charge in [0.15, 0.2) is 0 Å². The third kappa shape index (κ3) is 2.54. The van der Waals surface area contributed by atoms with Gasteiger partial charge in [0.1, 0.15) is 6.04 Å². The van der Waals surface area contributed by atoms with Gasteiger partial charge in [-0.25, -0.2) is 8.42 Å². The molecular formula is C12H19N3O4S. The summed E-state index contributed by atoms with van der Waals surface area (Å²) in [4.78, 5) is 25.0. The number of sulfonamides is 1. The van der Waals surface area contributed by atoms with Gasteiger partial charge in [-0.15, -0.1) is 0 Å². The number of nitrogens with zero attached hydrogens (tertiary/aromatic N) is 2. The summed E-state index contributed by atoms with van der Waals surface area (Å²) in [5.74, 6) is -0.169. The quantitative estimate of drug-likeness (QED) is 0.717. The third-order valence-corrected chi connectivity index (χ3v) is 6.55. The Labute approximate surface area is 118 Å². The average Bonchev–Trinajstić information content (AvgIpc) is 3.21. The molecule has 0 radical (unpaired) electrons. The number of hydrogen-bond donors (Lipinski definition) is 1. The normalized spacial score (nSPS) is 28.5. The zero-order chi connectivity index (χ0) is 14.3. The van der Waals surface area contributed by atoms with E-state index in [1.165, 1.54) is 4.31 Å². The van der Waals surface area contributed by atoms with Crippen LogP contribution in [0.5, 0.6) is 0 Å². The standard InChI is InChI=1S/C12H19N3O4S/c16-11-4-3-10(13-11)12(17)14-5-7-15(8-6-14)20(18,19)9-1-2-9/h9-10H,1-8H2,(H,13,16)/t10-/m1/s1. The van der Waals surface area contributed by atoms with Crippen molar-refractivity contribution in [3.05, 3.63) is 0 Å². The van der Waals surface area contributed by atoms with E-state index in [-0.39, 0.29) is 17.1 Å². The average molecular weight is 301 g/mol. The molecule has 112 valence electrons. The Morgan fingerprint density at radius 1 is 1.10 bits per heavy atom. The fourth-order valence-electron chi connectivity index (χ4n) is 2.76. The Bertz CT molecular complexity index is 521. The number of amides is 2. The van der Waals surface area contributed by atoms with Crippen LogP contribution in [0.25, 0.3) is 0 Å². The maximum Gasteiger partial charge on any atom is 0.245 e. The molecule has 2 saturated heterocycles. The van der Waals surface area contributed by atoms with Gasteiger partial charge >= 0.3 is 0 Å². The van der Waals surface area contributed by atoms with Crippen LogP contribution in [0.3, 0.4) is 0 Å². The molecule has 0 aromatic carbocycles. The van der Waals surface area contributed by atoms with E-state index in [1.54, 1.807) is 4.90 Å². The predicted molar refractivity (Wildman–Crippen MR) is 71.3 cm³/mol. The van der Waals surface area contributed by atoms with Gasteiger partial charge in [-0.2, -0.15) is 4.31 Å². The van der Waals surface area contributed by atoms with E-state index in [0.29, 0.717) is 39.0 Å². The van der Waals surface area contributed by atoms with Crippen LogP contribution in [-0.2, 0) is 19.6 Å². The molecule has 1 saturated carbocycles. The molecule has 3 fully saturated rings. The molecule has 1 atom stereocenters. The molecule has 1 N–H and O–H groups in total. The molecule has 0 aromatic rings. The van der Waals surface area contributed by atoms with E-state index < -0.39 is 16.1 Å². The highest BCUT2D eigenvalue weighted by atomic mass is 32.2. The van der Waals surface area contributed by atoms with Crippen LogP contribution in [-0.4, -0.2) is 66.9 Å². The van der Waals surface area contributed by atoms with Crippen LogP contribution >= 0.6 is 0 Å². The lowest BCUT2D eigenvalue weighted by atomic mass is 10.2. The smallest absolute Gasteiger partial charge is 0.245 e. The lowest BCUT2D eigenvalue weighted by Gasteiger charge is -2.35. The molecule has 20 heavy (non-hydrogen) atoms. The molecular weight excluding hydrogens is 282 g/mol. The van der Waals surface area contributed by atoms with E-state index in [9.17, 15) is 18.0 Å². The first-order valence-corrected chi connectivity index (χ1v) is 8.56. The summed E-state index contributed by atoms with van der Waals surface area (Å²) in [7, 11) is -3.14. The summed E-state index contributed by atoms with van der Waals surface area (Å²) >= 11 is 0. The second-order valence-corrected chi connectivity index (χ2v) is 7.84. The summed E-state index contributed by atoms with van der Waals surface area (Å²) in [6, 6.07) is -0.422. The van der Waals surface area contributed by atoms with Crippen molar-refractivity contribution in [3.8, 4) is 0 Å². The van der Waals surface area contributed by atoms with E-state index in [1.807, 2.05) is 0 Å². The highest BCUT2D eigenvalue weighted by Crippen LogP contribution is 2.31. The summed E-state index contributed by atoms with van der Waals surface area (Å²) in [5.41, 5.74) is 0. The minimum Gasteiger partial charge on any atom is -0.344 e. The van der Waals surface area contributed by atoms with Crippen molar-refractivity contribution >= 4 is 21.8 Å². The van der Waals surface area contributed by atoms with Crippen LogP contribution < -0.4 is 5.32 Å². The summed E-state index contributed by atoms with van der Waals surface area (Å²) in [6.45, 7) is 1.56. The molecule has 8 heteroatoms. The molecule has 2 heterocycles. The minimum absolute atomic E-state index is 0.0840. The lowest BCUT2D eigenvalue weighted by molar-refractivity contribution is -0.135. The molecule has 0 bridgehead atoms. The topological polar surface area (TPSA) is 86.8 Å². The largest absolute Gasteiger partial charge is 0.344 e. The molecule has 3 aliphatic rings. The Kier molecular flexibility index (Phi) is 3.45. The van der Waals surface area contributed by atoms with Crippen LogP contribution in [0.15, 0.2) is 0 Å². The Hall–Kier alpha value is -1.15. The molecule has 7 nitrogen and oxygen atoms in total. The van der Waals surface area contributed by atoms with E-state index in [2.05, 4.69) is 5.32 Å². The maximum absolute atomic E-state index is 12.2. The monoisotopic (exact) mass is 301 g/mol. The number of carbonyl (C=O) groups excluding carboxylic acids is 2. The maximum atomic E-state index is 12.2. The number of nitrogens with one attached hydrogen (secondary N) is 1. The lowest BCUT2D eigenvalue weighted by Crippen LogP contribution is -2.54. The minimum atomic E-state index is -3.14. The van der Waals surface area contributed by atoms with Gasteiger partial charge < -0.3 is 10.2 Å². The van der Waals surface area contributed by atoms with E-state index >= 15 is 0 Å². The second-order valence-electron chi connectivity index (χ2n) is 5.63. The van der Waals surface area contributed by atoms with Crippen molar-refractivity contribution in [2.45, 2.75) is 37.0 Å². The number of piperazine rings is 1. The fourth-order valence-corrected chi connectivity index (χ4v) is 4.59. The summed E-state index contributed by atoms with van der Waals surface area (Å²) < 4.78 is 25.7. The Morgan fingerprint density at radius 2 is 1.75 bits per heavy atom. The van der Waals surface area contributed by atoms with E-state index in [0.717, 1.165) is 12.8 Å². The molecule has 2 aliphatic heterocycles. The summed E-state index contributed by atoms with van der Waals surface area (Å²) in [5, 5.41) is 2.46. The second kappa shape index (κ2) is 5.00. The first-order valence-electron chi connectivity index (χ1n) is 7.05. The van der Waals surface area contributed by atoms with Crippen LogP contribution in [0.4, 0.5) is 0 Å². The third-order valence-electron chi connectivity index (χ3n) is 4.15. The molecule has 0 spiro atoms. The van der Waals surface area contributed by atoms with Gasteiger partial charge in [0.2, 0.25) is 21.8 Å². The molecule has 2 amide bonds. The van der Waals surface area contributed by atoms with Crippen molar-refractivity contribution in [3.63, 3.8) is 0 Å². The van der Waals surface area contributed by atoms with Crippen molar-refractivity contribution < 1.29 is 18.0 Å². The van der Waals surface area contributed by atoms with Crippen molar-refractivity contribution in [1.82, 2.24) is 14.5 Å². The van der Waals surface area contributed by atoms with Crippen molar-refractivity contribution in [1.29, 1.82) is 0 Å². The van der Waals surface area contributed by atoms with Gasteiger partial charge in [-0.3, -0.25) is 9.59 Å². The van der Waals surface area contributed by atoms with Crippen LogP contribution in [0.2, 0.25) is 0 Å². The number of carbonyl (C=O) groups is 2. The van der Waals surface area contributed by atoms with Gasteiger partial charge in [0, 0.05) is 32.6 Å². The SMILES string of the molecule is O=C1CC[C@H](C(=O)N2CCN(S(=O)(=O)C3CC3)CC2)N1. The van der Waals surface area contributed by atoms with Gasteiger partial charge in [-0.1, -0.05) is 0 Å². The summed E-state index contributed by atoms with van der Waals surface area (Å²) in [6.07, 6.45) is 2.45. The van der Waals surface area contributed by atoms with Crippen LogP contribution in [0, 0.1) is 0 Å². The molecule has 3 rings (SSSR count). The van der Waals surface area contributed by atoms with Crippen molar-refractivity contribution in [2.75, 3.05) is 26.2 Å². The predicted octanol–water partition coefficient (Wildman–Crippen LogP) is -1.10. The van der Waals surface area contributed by atoms with Crippen molar-refractivity contribution in [2.24, 2.45) is 0 Å². The number of rotatable bonds is 3. The van der Waals surface area contributed by atoms with Crippen LogP contribution in [0.1, 0.15) is 25.7 Å². The fraction of sp³-hybridized carbons (Fsp3) is 0.833. The van der Waals surface area contributed by atoms with Gasteiger partial charge in [-0.05, 0) is 19.3 Å². The molecule has 0 unspecified atom stereocenters. The highest BCUT2D eigenvalue weighted by Gasteiger charge is 2.42. The first-order chi connectivity index (χ1) is 9.48. The Balaban J connectivity index is 1.56.